The fourth-order valence-electron chi connectivity index (χ4n) is 3.19. The third-order valence-corrected chi connectivity index (χ3v) is 4.98. The minimum atomic E-state index is -0.265. The Bertz CT molecular complexity index is 577. The van der Waals surface area contributed by atoms with Crippen LogP contribution in [0.4, 0.5) is 0 Å². The predicted molar refractivity (Wildman–Crippen MR) is 80.9 cm³/mol. The molecule has 1 N–H and O–H groups in total. The van der Waals surface area contributed by atoms with Crippen molar-refractivity contribution in [2.45, 2.75) is 19.8 Å². The number of imide groups is 1. The van der Waals surface area contributed by atoms with Crippen LogP contribution in [0.25, 0.3) is 0 Å². The Hall–Kier alpha value is -1.10. The third kappa shape index (κ3) is 2.68. The van der Waals surface area contributed by atoms with Crippen molar-refractivity contribution in [1.29, 1.82) is 0 Å². The molecule has 0 radical (unpaired) electrons. The molecule has 0 spiro atoms. The van der Waals surface area contributed by atoms with Gasteiger partial charge in [0.1, 0.15) is 0 Å². The number of piperidine rings is 1. The average Bonchev–Trinajstić information content (AvgIpc) is 2.65. The number of amides is 2. The Labute approximate surface area is 133 Å². The van der Waals surface area contributed by atoms with Crippen LogP contribution in [0.2, 0.25) is 10.0 Å². The van der Waals surface area contributed by atoms with Gasteiger partial charge in [0.25, 0.3) is 11.8 Å². The van der Waals surface area contributed by atoms with Crippen molar-refractivity contribution in [3.8, 4) is 0 Å². The minimum absolute atomic E-state index is 0.265. The van der Waals surface area contributed by atoms with E-state index in [0.29, 0.717) is 33.8 Å². The number of carbonyl (C=O) groups excluding carboxylic acids is 2. The van der Waals surface area contributed by atoms with E-state index < -0.39 is 0 Å². The molecule has 0 aliphatic carbocycles. The van der Waals surface area contributed by atoms with Gasteiger partial charge in [-0.25, -0.2) is 4.90 Å². The SMILES string of the molecule is C[C@H]1CCC[NH+](CN2C(=O)c3cc(Cl)c(Cl)cc3C2=O)C1. The number of fused-ring (bicyclic) bond motifs is 1. The average molecular weight is 328 g/mol. The molecule has 2 amide bonds. The number of hydrogen-bond acceptors (Lipinski definition) is 2. The Balaban J connectivity index is 1.83. The molecule has 1 saturated heterocycles. The molecule has 1 fully saturated rings. The Morgan fingerprint density at radius 2 is 1.76 bits per heavy atom. The van der Waals surface area contributed by atoms with Crippen molar-refractivity contribution < 1.29 is 14.5 Å². The standard InChI is InChI=1S/C15H16Cl2N2O2/c1-9-3-2-4-18(7-9)8-19-14(20)10-5-12(16)13(17)6-11(10)15(19)21/h5-6,9H,2-4,7-8H2,1H3/p+1/t9-/m0/s1. The van der Waals surface area contributed by atoms with Crippen LogP contribution in [0, 0.1) is 5.92 Å². The maximum atomic E-state index is 12.4. The zero-order chi connectivity index (χ0) is 15.1. The summed E-state index contributed by atoms with van der Waals surface area (Å²) in [4.78, 5) is 27.4. The summed E-state index contributed by atoms with van der Waals surface area (Å²) in [6, 6.07) is 2.99. The number of benzene rings is 1. The predicted octanol–water partition coefficient (Wildman–Crippen LogP) is 1.86. The number of rotatable bonds is 2. The summed E-state index contributed by atoms with van der Waals surface area (Å²) in [6.45, 7) is 4.63. The van der Waals surface area contributed by atoms with E-state index in [9.17, 15) is 9.59 Å². The number of likely N-dealkylation sites (tertiary alicyclic amines) is 1. The molecule has 2 aliphatic rings. The topological polar surface area (TPSA) is 41.8 Å². The highest BCUT2D eigenvalue weighted by Gasteiger charge is 2.39. The number of nitrogens with zero attached hydrogens (tertiary/aromatic N) is 1. The third-order valence-electron chi connectivity index (χ3n) is 4.26. The summed E-state index contributed by atoms with van der Waals surface area (Å²) in [5.41, 5.74) is 0.720. The van der Waals surface area contributed by atoms with E-state index in [4.69, 9.17) is 23.2 Å². The molecule has 1 aromatic rings. The number of nitrogens with one attached hydrogen (secondary N) is 1. The summed E-state index contributed by atoms with van der Waals surface area (Å²) in [5.74, 6) is 0.103. The molecule has 1 aromatic carbocycles. The van der Waals surface area contributed by atoms with Crippen LogP contribution in [0.5, 0.6) is 0 Å². The summed E-state index contributed by atoms with van der Waals surface area (Å²) < 4.78 is 0. The first kappa shape index (κ1) is 14.8. The molecular weight excluding hydrogens is 311 g/mol. The summed E-state index contributed by atoms with van der Waals surface area (Å²) >= 11 is 11.9. The highest BCUT2D eigenvalue weighted by Crippen LogP contribution is 2.31. The molecular formula is C15H17Cl2N2O2+. The maximum absolute atomic E-state index is 12.4. The van der Waals surface area contributed by atoms with Crippen LogP contribution in [-0.4, -0.2) is 36.5 Å². The largest absolute Gasteiger partial charge is 0.317 e. The van der Waals surface area contributed by atoms with Crippen molar-refractivity contribution in [3.05, 3.63) is 33.3 Å². The lowest BCUT2D eigenvalue weighted by Gasteiger charge is -2.30. The lowest BCUT2D eigenvalue weighted by Crippen LogP contribution is -3.15. The fourth-order valence-corrected chi connectivity index (χ4v) is 3.52. The van der Waals surface area contributed by atoms with Gasteiger partial charge in [0, 0.05) is 5.92 Å². The van der Waals surface area contributed by atoms with E-state index in [1.165, 1.54) is 28.4 Å². The second kappa shape index (κ2) is 5.59. The molecule has 0 bridgehead atoms. The molecule has 4 nitrogen and oxygen atoms in total. The van der Waals surface area contributed by atoms with E-state index in [-0.39, 0.29) is 11.8 Å². The second-order valence-corrected chi connectivity index (χ2v) is 6.77. The Morgan fingerprint density at radius 1 is 1.19 bits per heavy atom. The van der Waals surface area contributed by atoms with Gasteiger partial charge in [-0.05, 0) is 25.0 Å². The molecule has 112 valence electrons. The van der Waals surface area contributed by atoms with Crippen LogP contribution in [0.3, 0.4) is 0 Å². The lowest BCUT2D eigenvalue weighted by molar-refractivity contribution is -0.915. The number of quaternary nitrogens is 1. The molecule has 2 aliphatic heterocycles. The monoisotopic (exact) mass is 327 g/mol. The molecule has 6 heteroatoms. The van der Waals surface area contributed by atoms with Gasteiger partial charge in [0.05, 0.1) is 34.3 Å². The molecule has 0 saturated carbocycles. The van der Waals surface area contributed by atoms with Gasteiger partial charge in [-0.1, -0.05) is 30.1 Å². The number of carbonyl (C=O) groups is 2. The second-order valence-electron chi connectivity index (χ2n) is 5.96. The van der Waals surface area contributed by atoms with Gasteiger partial charge in [-0.3, -0.25) is 9.59 Å². The number of hydrogen-bond donors (Lipinski definition) is 1. The Kier molecular flexibility index (Phi) is 3.95. The van der Waals surface area contributed by atoms with Gasteiger partial charge < -0.3 is 4.90 Å². The fraction of sp³-hybridized carbons (Fsp3) is 0.467. The quantitative estimate of drug-likeness (QED) is 0.842. The van der Waals surface area contributed by atoms with Crippen LogP contribution in [0.15, 0.2) is 12.1 Å². The molecule has 2 atom stereocenters. The highest BCUT2D eigenvalue weighted by atomic mass is 35.5. The van der Waals surface area contributed by atoms with Gasteiger partial charge >= 0.3 is 0 Å². The zero-order valence-corrected chi connectivity index (χ0v) is 13.3. The van der Waals surface area contributed by atoms with E-state index in [1.54, 1.807) is 0 Å². The summed E-state index contributed by atoms with van der Waals surface area (Å²) in [7, 11) is 0. The maximum Gasteiger partial charge on any atom is 0.266 e. The van der Waals surface area contributed by atoms with Gasteiger partial charge in [-0.15, -0.1) is 0 Å². The van der Waals surface area contributed by atoms with Gasteiger partial charge in [-0.2, -0.15) is 0 Å². The van der Waals surface area contributed by atoms with Crippen molar-refractivity contribution in [2.75, 3.05) is 19.8 Å². The van der Waals surface area contributed by atoms with Crippen molar-refractivity contribution in [2.24, 2.45) is 5.92 Å². The van der Waals surface area contributed by atoms with E-state index in [1.807, 2.05) is 0 Å². The van der Waals surface area contributed by atoms with E-state index in [2.05, 4.69) is 6.92 Å². The summed E-state index contributed by atoms with van der Waals surface area (Å²) in [5, 5.41) is 0.606. The first-order chi connectivity index (χ1) is 9.97. The van der Waals surface area contributed by atoms with Crippen molar-refractivity contribution in [3.63, 3.8) is 0 Å². The lowest BCUT2D eigenvalue weighted by atomic mass is 10.0. The molecule has 1 unspecified atom stereocenters. The van der Waals surface area contributed by atoms with Gasteiger partial charge in [0.15, 0.2) is 6.67 Å². The first-order valence-electron chi connectivity index (χ1n) is 7.16. The molecule has 21 heavy (non-hydrogen) atoms. The van der Waals surface area contributed by atoms with Crippen molar-refractivity contribution >= 4 is 35.0 Å². The molecule has 2 heterocycles. The van der Waals surface area contributed by atoms with E-state index in [0.717, 1.165) is 19.5 Å². The van der Waals surface area contributed by atoms with Crippen LogP contribution < -0.4 is 4.90 Å². The first-order valence-corrected chi connectivity index (χ1v) is 7.91. The van der Waals surface area contributed by atoms with Crippen LogP contribution in [0.1, 0.15) is 40.5 Å². The van der Waals surface area contributed by atoms with Crippen molar-refractivity contribution in [1.82, 2.24) is 4.90 Å². The minimum Gasteiger partial charge on any atom is -0.317 e. The Morgan fingerprint density at radius 3 is 2.29 bits per heavy atom. The highest BCUT2D eigenvalue weighted by molar-refractivity contribution is 6.43. The van der Waals surface area contributed by atoms with Crippen LogP contribution >= 0.6 is 23.2 Å². The zero-order valence-electron chi connectivity index (χ0n) is 11.8. The van der Waals surface area contributed by atoms with E-state index >= 15 is 0 Å². The molecule has 0 aromatic heterocycles. The summed E-state index contributed by atoms with van der Waals surface area (Å²) in [6.07, 6.45) is 2.36. The smallest absolute Gasteiger partial charge is 0.266 e. The molecule has 3 rings (SSSR count). The van der Waals surface area contributed by atoms with Crippen LogP contribution in [-0.2, 0) is 0 Å². The van der Waals surface area contributed by atoms with Gasteiger partial charge in [0.2, 0.25) is 0 Å². The number of halogens is 2. The normalized spacial score (nSPS) is 25.4.